The largest absolute Gasteiger partial charge is 0.370 e. The summed E-state index contributed by atoms with van der Waals surface area (Å²) in [7, 11) is 0. The van der Waals surface area contributed by atoms with Crippen molar-refractivity contribution < 1.29 is 9.59 Å². The lowest BCUT2D eigenvalue weighted by atomic mass is 10.1. The van der Waals surface area contributed by atoms with Crippen molar-refractivity contribution in [1.29, 1.82) is 0 Å². The monoisotopic (exact) mass is 443 g/mol. The lowest BCUT2D eigenvalue weighted by molar-refractivity contribution is -0.118. The van der Waals surface area contributed by atoms with Crippen LogP contribution in [0.4, 0.5) is 23.0 Å². The SMILES string of the molecule is C=C1NC(=O)C/C1=C\c1cnn2c(NCC3CC3)cc(Nc3cccc(NC(C)=O)c3)nc12. The molecule has 0 bridgehead atoms. The summed E-state index contributed by atoms with van der Waals surface area (Å²) in [5.41, 5.74) is 4.39. The van der Waals surface area contributed by atoms with Gasteiger partial charge in [0.25, 0.3) is 0 Å². The van der Waals surface area contributed by atoms with E-state index in [2.05, 4.69) is 32.9 Å². The number of nitrogens with zero attached hydrogens (tertiary/aromatic N) is 3. The van der Waals surface area contributed by atoms with Crippen molar-refractivity contribution in [1.82, 2.24) is 19.9 Å². The van der Waals surface area contributed by atoms with Gasteiger partial charge in [-0.1, -0.05) is 12.6 Å². The van der Waals surface area contributed by atoms with Crippen molar-refractivity contribution in [2.45, 2.75) is 26.2 Å². The molecule has 3 aromatic rings. The number of allylic oxidation sites excluding steroid dienone is 1. The van der Waals surface area contributed by atoms with Crippen LogP contribution in [-0.4, -0.2) is 33.0 Å². The molecule has 33 heavy (non-hydrogen) atoms. The van der Waals surface area contributed by atoms with Gasteiger partial charge in [-0.05, 0) is 48.6 Å². The number of carbonyl (C=O) groups is 2. The molecule has 0 radical (unpaired) electrons. The van der Waals surface area contributed by atoms with Gasteiger partial charge in [-0.25, -0.2) is 4.98 Å². The number of carbonyl (C=O) groups excluding carboxylic acids is 2. The number of nitrogens with one attached hydrogen (secondary N) is 4. The van der Waals surface area contributed by atoms with Crippen molar-refractivity contribution in [3.8, 4) is 0 Å². The Labute approximate surface area is 191 Å². The Morgan fingerprint density at radius 1 is 1.30 bits per heavy atom. The van der Waals surface area contributed by atoms with E-state index >= 15 is 0 Å². The van der Waals surface area contributed by atoms with Crippen molar-refractivity contribution >= 4 is 46.5 Å². The van der Waals surface area contributed by atoms with E-state index in [1.807, 2.05) is 36.4 Å². The maximum absolute atomic E-state index is 11.7. The van der Waals surface area contributed by atoms with E-state index in [1.165, 1.54) is 19.8 Å². The second-order valence-corrected chi connectivity index (χ2v) is 8.45. The first kappa shape index (κ1) is 20.7. The van der Waals surface area contributed by atoms with Gasteiger partial charge in [-0.15, -0.1) is 0 Å². The molecule has 1 aromatic carbocycles. The fourth-order valence-corrected chi connectivity index (χ4v) is 3.77. The summed E-state index contributed by atoms with van der Waals surface area (Å²) in [5.74, 6) is 1.97. The third kappa shape index (κ3) is 4.72. The minimum Gasteiger partial charge on any atom is -0.370 e. The van der Waals surface area contributed by atoms with Gasteiger partial charge in [-0.3, -0.25) is 9.59 Å². The third-order valence-electron chi connectivity index (χ3n) is 5.58. The van der Waals surface area contributed by atoms with Gasteiger partial charge in [0, 0.05) is 42.2 Å². The molecule has 2 aliphatic rings. The van der Waals surface area contributed by atoms with E-state index < -0.39 is 0 Å². The second-order valence-electron chi connectivity index (χ2n) is 8.45. The average molecular weight is 444 g/mol. The van der Waals surface area contributed by atoms with Crippen LogP contribution >= 0.6 is 0 Å². The minimum absolute atomic E-state index is 0.0659. The maximum atomic E-state index is 11.7. The van der Waals surface area contributed by atoms with Crippen LogP contribution in [0, 0.1) is 5.92 Å². The molecule has 0 atom stereocenters. The Balaban J connectivity index is 1.51. The van der Waals surface area contributed by atoms with Crippen LogP contribution in [0.5, 0.6) is 0 Å². The summed E-state index contributed by atoms with van der Waals surface area (Å²) in [4.78, 5) is 27.9. The van der Waals surface area contributed by atoms with Crippen molar-refractivity contribution in [2.75, 3.05) is 22.5 Å². The highest BCUT2D eigenvalue weighted by Gasteiger charge is 2.22. The molecule has 9 nitrogen and oxygen atoms in total. The predicted molar refractivity (Wildman–Crippen MR) is 128 cm³/mol. The first-order chi connectivity index (χ1) is 15.9. The molecule has 1 aliphatic heterocycles. The molecule has 9 heteroatoms. The van der Waals surface area contributed by atoms with Gasteiger partial charge in [0.15, 0.2) is 5.65 Å². The predicted octanol–water partition coefficient (Wildman–Crippen LogP) is 3.67. The lowest BCUT2D eigenvalue weighted by Gasteiger charge is -2.13. The Morgan fingerprint density at radius 2 is 2.12 bits per heavy atom. The summed E-state index contributed by atoms with van der Waals surface area (Å²) < 4.78 is 1.78. The highest BCUT2D eigenvalue weighted by Crippen LogP contribution is 2.30. The summed E-state index contributed by atoms with van der Waals surface area (Å²) in [6.45, 7) is 6.27. The molecule has 3 heterocycles. The Bertz CT molecular complexity index is 1300. The molecule has 4 N–H and O–H groups in total. The highest BCUT2D eigenvalue weighted by atomic mass is 16.2. The quantitative estimate of drug-likeness (QED) is 0.443. The second kappa shape index (κ2) is 8.42. The molecular formula is C24H25N7O2. The smallest absolute Gasteiger partial charge is 0.228 e. The number of fused-ring (bicyclic) bond motifs is 1. The number of hydrogen-bond acceptors (Lipinski definition) is 6. The molecule has 2 fully saturated rings. The van der Waals surface area contributed by atoms with Crippen LogP contribution in [0.15, 0.2) is 54.4 Å². The van der Waals surface area contributed by atoms with Crippen LogP contribution in [-0.2, 0) is 9.59 Å². The van der Waals surface area contributed by atoms with E-state index in [9.17, 15) is 9.59 Å². The fourth-order valence-electron chi connectivity index (χ4n) is 3.77. The number of hydrogen-bond donors (Lipinski definition) is 4. The van der Waals surface area contributed by atoms with Crippen LogP contribution in [0.1, 0.15) is 31.7 Å². The van der Waals surface area contributed by atoms with Crippen LogP contribution in [0.2, 0.25) is 0 Å². The van der Waals surface area contributed by atoms with E-state index in [1.54, 1.807) is 10.7 Å². The zero-order valence-electron chi connectivity index (χ0n) is 18.3. The average Bonchev–Trinajstić information content (AvgIpc) is 3.42. The van der Waals surface area contributed by atoms with Gasteiger partial charge in [-0.2, -0.15) is 9.61 Å². The zero-order chi connectivity index (χ0) is 22.9. The van der Waals surface area contributed by atoms with Crippen molar-refractivity contribution in [3.63, 3.8) is 0 Å². The number of benzene rings is 1. The first-order valence-electron chi connectivity index (χ1n) is 10.9. The number of anilines is 4. The lowest BCUT2D eigenvalue weighted by Crippen LogP contribution is -2.10. The first-order valence-corrected chi connectivity index (χ1v) is 10.9. The van der Waals surface area contributed by atoms with Gasteiger partial charge >= 0.3 is 0 Å². The summed E-state index contributed by atoms with van der Waals surface area (Å²) in [6.07, 6.45) is 6.41. The molecular weight excluding hydrogens is 418 g/mol. The molecule has 1 saturated heterocycles. The minimum atomic E-state index is -0.128. The van der Waals surface area contributed by atoms with E-state index in [0.29, 0.717) is 28.8 Å². The molecule has 1 saturated carbocycles. The topological polar surface area (TPSA) is 112 Å². The molecule has 0 spiro atoms. The van der Waals surface area contributed by atoms with Crippen LogP contribution in [0.3, 0.4) is 0 Å². The Hall–Kier alpha value is -4.14. The molecule has 2 aromatic heterocycles. The van der Waals surface area contributed by atoms with Crippen molar-refractivity contribution in [2.24, 2.45) is 5.92 Å². The number of amides is 2. The number of aromatic nitrogens is 3. The van der Waals surface area contributed by atoms with Crippen molar-refractivity contribution in [3.05, 3.63) is 59.9 Å². The van der Waals surface area contributed by atoms with E-state index in [0.717, 1.165) is 29.2 Å². The summed E-state index contributed by atoms with van der Waals surface area (Å²) in [5, 5.41) is 16.9. The molecule has 168 valence electrons. The summed E-state index contributed by atoms with van der Waals surface area (Å²) >= 11 is 0. The Kier molecular flexibility index (Phi) is 5.29. The van der Waals surface area contributed by atoms with Gasteiger partial charge in [0.05, 0.1) is 12.6 Å². The highest BCUT2D eigenvalue weighted by molar-refractivity contribution is 5.90. The Morgan fingerprint density at radius 3 is 2.85 bits per heavy atom. The molecule has 1 aliphatic carbocycles. The fraction of sp³-hybridized carbons (Fsp3) is 0.250. The summed E-state index contributed by atoms with van der Waals surface area (Å²) in [6, 6.07) is 9.38. The van der Waals surface area contributed by atoms with Crippen LogP contribution in [0.25, 0.3) is 11.7 Å². The standard InChI is InChI=1S/C24H25N7O2/c1-14-17(9-23(33)27-14)8-18-13-26-31-22(25-12-16-6-7-16)11-21(30-24(18)31)29-20-5-3-4-19(10-20)28-15(2)32/h3-5,8,10-11,13,16,25H,1,6-7,9,12H2,2H3,(H,27,33)(H,28,32)(H,29,30)/b17-8+. The van der Waals surface area contributed by atoms with Gasteiger partial charge in [0.2, 0.25) is 11.8 Å². The zero-order valence-corrected chi connectivity index (χ0v) is 18.3. The molecule has 5 rings (SSSR count). The normalized spacial score (nSPS) is 16.8. The van der Waals surface area contributed by atoms with Gasteiger partial charge in [0.1, 0.15) is 11.6 Å². The van der Waals surface area contributed by atoms with E-state index in [4.69, 9.17) is 4.98 Å². The molecule has 2 amide bonds. The third-order valence-corrected chi connectivity index (χ3v) is 5.58. The number of rotatable bonds is 7. The molecule has 0 unspecified atom stereocenters. The maximum Gasteiger partial charge on any atom is 0.228 e. The van der Waals surface area contributed by atoms with Gasteiger partial charge < -0.3 is 21.3 Å². The van der Waals surface area contributed by atoms with E-state index in [-0.39, 0.29) is 18.2 Å². The van der Waals surface area contributed by atoms with Crippen LogP contribution < -0.4 is 21.3 Å².